The van der Waals surface area contributed by atoms with Gasteiger partial charge in [0.1, 0.15) is 6.04 Å². The Morgan fingerprint density at radius 3 is 2.95 bits per heavy atom. The molecule has 0 spiro atoms. The van der Waals surface area contributed by atoms with Crippen molar-refractivity contribution in [1.82, 2.24) is 15.2 Å². The second-order valence-electron chi connectivity index (χ2n) is 5.54. The second kappa shape index (κ2) is 5.75. The van der Waals surface area contributed by atoms with Gasteiger partial charge in [-0.25, -0.2) is 0 Å². The molecule has 1 fully saturated rings. The first-order valence-electron chi connectivity index (χ1n) is 7.57. The van der Waals surface area contributed by atoms with Gasteiger partial charge in [-0.05, 0) is 25.5 Å². The molecule has 1 saturated heterocycles. The summed E-state index contributed by atoms with van der Waals surface area (Å²) in [5.41, 5.74) is 2.14. The lowest BCUT2D eigenvalue weighted by molar-refractivity contribution is -0.127. The van der Waals surface area contributed by atoms with E-state index in [1.807, 2.05) is 38.1 Å². The SMILES string of the molecule is CCC1C(=O)NCCN1C(=O)c1cccc2ccc(C)nc12. The van der Waals surface area contributed by atoms with Gasteiger partial charge in [-0.1, -0.05) is 25.1 Å². The summed E-state index contributed by atoms with van der Waals surface area (Å²) >= 11 is 0. The first kappa shape index (κ1) is 14.5. The van der Waals surface area contributed by atoms with E-state index in [2.05, 4.69) is 10.3 Å². The van der Waals surface area contributed by atoms with E-state index in [0.29, 0.717) is 30.6 Å². The number of para-hydroxylation sites is 1. The maximum Gasteiger partial charge on any atom is 0.256 e. The summed E-state index contributed by atoms with van der Waals surface area (Å²) in [6, 6.07) is 9.09. The fraction of sp³-hybridized carbons (Fsp3) is 0.353. The first-order valence-corrected chi connectivity index (χ1v) is 7.57. The number of nitrogens with zero attached hydrogens (tertiary/aromatic N) is 2. The van der Waals surface area contributed by atoms with Crippen LogP contribution < -0.4 is 5.32 Å². The minimum atomic E-state index is -0.402. The molecule has 1 unspecified atom stereocenters. The molecule has 2 aromatic rings. The molecule has 0 aliphatic carbocycles. The summed E-state index contributed by atoms with van der Waals surface area (Å²) in [5.74, 6) is -0.197. The molecule has 3 rings (SSSR count). The second-order valence-corrected chi connectivity index (χ2v) is 5.54. The Morgan fingerprint density at radius 1 is 1.36 bits per heavy atom. The Labute approximate surface area is 129 Å². The van der Waals surface area contributed by atoms with Crippen molar-refractivity contribution in [2.75, 3.05) is 13.1 Å². The standard InChI is InChI=1S/C17H19N3O2/c1-3-14-16(21)18-9-10-20(14)17(22)13-6-4-5-12-8-7-11(2)19-15(12)13/h4-8,14H,3,9-10H2,1-2H3,(H,18,21). The number of benzene rings is 1. The summed E-state index contributed by atoms with van der Waals surface area (Å²) < 4.78 is 0. The third kappa shape index (κ3) is 2.43. The maximum atomic E-state index is 12.9. The van der Waals surface area contributed by atoms with Crippen LogP contribution in [0.2, 0.25) is 0 Å². The molecule has 2 heterocycles. The highest BCUT2D eigenvalue weighted by atomic mass is 16.2. The highest BCUT2D eigenvalue weighted by Crippen LogP contribution is 2.21. The van der Waals surface area contributed by atoms with Crippen LogP contribution >= 0.6 is 0 Å². The van der Waals surface area contributed by atoms with E-state index in [1.165, 1.54) is 0 Å². The van der Waals surface area contributed by atoms with Crippen molar-refractivity contribution in [3.05, 3.63) is 41.6 Å². The van der Waals surface area contributed by atoms with Gasteiger partial charge >= 0.3 is 0 Å². The quantitative estimate of drug-likeness (QED) is 0.921. The van der Waals surface area contributed by atoms with Gasteiger partial charge in [0.25, 0.3) is 5.91 Å². The van der Waals surface area contributed by atoms with Crippen molar-refractivity contribution in [1.29, 1.82) is 0 Å². The number of carbonyl (C=O) groups is 2. The number of aromatic nitrogens is 1. The number of rotatable bonds is 2. The maximum absolute atomic E-state index is 12.9. The molecule has 5 heteroatoms. The van der Waals surface area contributed by atoms with E-state index in [0.717, 1.165) is 11.1 Å². The lowest BCUT2D eigenvalue weighted by Crippen LogP contribution is -2.56. The number of fused-ring (bicyclic) bond motifs is 1. The van der Waals surface area contributed by atoms with Crippen molar-refractivity contribution in [3.8, 4) is 0 Å². The summed E-state index contributed by atoms with van der Waals surface area (Å²) in [6.45, 7) is 4.86. The molecule has 1 aromatic carbocycles. The van der Waals surface area contributed by atoms with Crippen molar-refractivity contribution >= 4 is 22.7 Å². The molecular weight excluding hydrogens is 278 g/mol. The Hall–Kier alpha value is -2.43. The zero-order valence-corrected chi connectivity index (χ0v) is 12.8. The molecule has 2 amide bonds. The van der Waals surface area contributed by atoms with E-state index in [-0.39, 0.29) is 11.8 Å². The van der Waals surface area contributed by atoms with Crippen LogP contribution in [0.4, 0.5) is 0 Å². The van der Waals surface area contributed by atoms with Crippen LogP contribution in [-0.4, -0.2) is 40.8 Å². The number of hydrogen-bond donors (Lipinski definition) is 1. The zero-order valence-electron chi connectivity index (χ0n) is 12.8. The van der Waals surface area contributed by atoms with Crippen LogP contribution in [0.25, 0.3) is 10.9 Å². The summed E-state index contributed by atoms with van der Waals surface area (Å²) in [7, 11) is 0. The van der Waals surface area contributed by atoms with Gasteiger partial charge in [-0.15, -0.1) is 0 Å². The molecule has 1 N–H and O–H groups in total. The Bertz CT molecular complexity index is 742. The lowest BCUT2D eigenvalue weighted by Gasteiger charge is -2.34. The minimum Gasteiger partial charge on any atom is -0.353 e. The van der Waals surface area contributed by atoms with E-state index < -0.39 is 6.04 Å². The molecule has 1 aliphatic rings. The number of hydrogen-bond acceptors (Lipinski definition) is 3. The van der Waals surface area contributed by atoms with Crippen molar-refractivity contribution in [3.63, 3.8) is 0 Å². The number of nitrogens with one attached hydrogen (secondary N) is 1. The van der Waals surface area contributed by atoms with Crippen molar-refractivity contribution in [2.45, 2.75) is 26.3 Å². The molecule has 1 aliphatic heterocycles. The van der Waals surface area contributed by atoms with Crippen molar-refractivity contribution in [2.24, 2.45) is 0 Å². The van der Waals surface area contributed by atoms with E-state index in [4.69, 9.17) is 0 Å². The molecule has 0 saturated carbocycles. The molecule has 1 atom stereocenters. The Kier molecular flexibility index (Phi) is 3.79. The monoisotopic (exact) mass is 297 g/mol. The van der Waals surface area contributed by atoms with Gasteiger partial charge in [0.15, 0.2) is 0 Å². The predicted octanol–water partition coefficient (Wildman–Crippen LogP) is 1.89. The molecule has 22 heavy (non-hydrogen) atoms. The topological polar surface area (TPSA) is 62.3 Å². The van der Waals surface area contributed by atoms with Crippen LogP contribution in [0.15, 0.2) is 30.3 Å². The van der Waals surface area contributed by atoms with Gasteiger partial charge in [0.2, 0.25) is 5.91 Å². The summed E-state index contributed by atoms with van der Waals surface area (Å²) in [4.78, 5) is 31.1. The molecule has 1 aromatic heterocycles. The smallest absolute Gasteiger partial charge is 0.256 e. The van der Waals surface area contributed by atoms with Crippen molar-refractivity contribution < 1.29 is 9.59 Å². The van der Waals surface area contributed by atoms with Crippen LogP contribution in [0, 0.1) is 6.92 Å². The highest BCUT2D eigenvalue weighted by molar-refractivity contribution is 6.07. The Balaban J connectivity index is 2.05. The van der Waals surface area contributed by atoms with Crippen LogP contribution in [0.1, 0.15) is 29.4 Å². The van der Waals surface area contributed by atoms with Gasteiger partial charge in [0.05, 0.1) is 11.1 Å². The minimum absolute atomic E-state index is 0.0773. The van der Waals surface area contributed by atoms with Crippen LogP contribution in [0.5, 0.6) is 0 Å². The van der Waals surface area contributed by atoms with Gasteiger partial charge < -0.3 is 10.2 Å². The van der Waals surface area contributed by atoms with Gasteiger partial charge in [-0.3, -0.25) is 14.6 Å². The van der Waals surface area contributed by atoms with Crippen LogP contribution in [-0.2, 0) is 4.79 Å². The molecular formula is C17H19N3O2. The largest absolute Gasteiger partial charge is 0.353 e. The first-order chi connectivity index (χ1) is 10.6. The fourth-order valence-electron chi connectivity index (χ4n) is 2.94. The number of pyridine rings is 1. The number of carbonyl (C=O) groups excluding carboxylic acids is 2. The molecule has 5 nitrogen and oxygen atoms in total. The number of aryl methyl sites for hydroxylation is 1. The van der Waals surface area contributed by atoms with E-state index >= 15 is 0 Å². The number of amides is 2. The highest BCUT2D eigenvalue weighted by Gasteiger charge is 2.32. The Morgan fingerprint density at radius 2 is 2.18 bits per heavy atom. The van der Waals surface area contributed by atoms with E-state index in [1.54, 1.807) is 11.0 Å². The third-order valence-electron chi connectivity index (χ3n) is 4.07. The normalized spacial score (nSPS) is 18.4. The molecule has 0 bridgehead atoms. The number of piperazine rings is 1. The third-order valence-corrected chi connectivity index (χ3v) is 4.07. The summed E-state index contributed by atoms with van der Waals surface area (Å²) in [6.07, 6.45) is 0.606. The average molecular weight is 297 g/mol. The fourth-order valence-corrected chi connectivity index (χ4v) is 2.94. The van der Waals surface area contributed by atoms with E-state index in [9.17, 15) is 9.59 Å². The zero-order chi connectivity index (χ0) is 15.7. The van der Waals surface area contributed by atoms with Gasteiger partial charge in [0, 0.05) is 24.2 Å². The molecule has 0 radical (unpaired) electrons. The average Bonchev–Trinajstić information content (AvgIpc) is 2.53. The summed E-state index contributed by atoms with van der Waals surface area (Å²) in [5, 5.41) is 3.75. The van der Waals surface area contributed by atoms with Crippen LogP contribution in [0.3, 0.4) is 0 Å². The lowest BCUT2D eigenvalue weighted by atomic mass is 10.0. The molecule has 114 valence electrons. The van der Waals surface area contributed by atoms with Gasteiger partial charge in [-0.2, -0.15) is 0 Å². The predicted molar refractivity (Wildman–Crippen MR) is 84.6 cm³/mol.